The first-order valence-corrected chi connectivity index (χ1v) is 5.31. The normalized spacial score (nSPS) is 14.6. The van der Waals surface area contributed by atoms with Crippen LogP contribution in [-0.2, 0) is 4.74 Å². The standard InChI is InChI=1S/C11H16ClFN2O/c1-11(6-14,7-16-2)15-10-5-8(13)3-4-9(10)12/h3-5,15H,6-7,14H2,1-2H3. The molecule has 0 spiro atoms. The molecule has 0 saturated carbocycles. The monoisotopic (exact) mass is 246 g/mol. The van der Waals surface area contributed by atoms with Crippen LogP contribution in [0.15, 0.2) is 18.2 Å². The van der Waals surface area contributed by atoms with Crippen LogP contribution < -0.4 is 11.1 Å². The lowest BCUT2D eigenvalue weighted by Crippen LogP contribution is -2.46. The van der Waals surface area contributed by atoms with E-state index in [0.29, 0.717) is 23.9 Å². The maximum atomic E-state index is 13.1. The summed E-state index contributed by atoms with van der Waals surface area (Å²) in [5.74, 6) is -0.344. The van der Waals surface area contributed by atoms with Crippen molar-refractivity contribution in [3.05, 3.63) is 29.0 Å². The smallest absolute Gasteiger partial charge is 0.125 e. The maximum Gasteiger partial charge on any atom is 0.125 e. The Balaban J connectivity index is 2.89. The minimum atomic E-state index is -0.466. The average Bonchev–Trinajstić information content (AvgIpc) is 2.24. The molecule has 0 bridgehead atoms. The van der Waals surface area contributed by atoms with Crippen molar-refractivity contribution >= 4 is 17.3 Å². The number of ether oxygens (including phenoxy) is 1. The molecule has 0 aromatic heterocycles. The summed E-state index contributed by atoms with van der Waals surface area (Å²) in [5.41, 5.74) is 5.70. The maximum absolute atomic E-state index is 13.1. The Morgan fingerprint density at radius 1 is 1.56 bits per heavy atom. The molecule has 3 nitrogen and oxygen atoms in total. The number of hydrogen-bond donors (Lipinski definition) is 2. The van der Waals surface area contributed by atoms with Crippen molar-refractivity contribution in [1.29, 1.82) is 0 Å². The fourth-order valence-corrected chi connectivity index (χ4v) is 1.55. The van der Waals surface area contributed by atoms with E-state index < -0.39 is 5.54 Å². The Labute approximate surface area is 99.7 Å². The van der Waals surface area contributed by atoms with E-state index in [0.717, 1.165) is 0 Å². The fraction of sp³-hybridized carbons (Fsp3) is 0.455. The van der Waals surface area contributed by atoms with Crippen molar-refractivity contribution in [2.45, 2.75) is 12.5 Å². The van der Waals surface area contributed by atoms with Gasteiger partial charge in [-0.25, -0.2) is 4.39 Å². The van der Waals surface area contributed by atoms with Crippen LogP contribution >= 0.6 is 11.6 Å². The second kappa shape index (κ2) is 5.48. The van der Waals surface area contributed by atoms with E-state index in [2.05, 4.69) is 5.32 Å². The molecule has 0 aliphatic carbocycles. The fourth-order valence-electron chi connectivity index (χ4n) is 1.38. The van der Waals surface area contributed by atoms with Crippen LogP contribution in [0.25, 0.3) is 0 Å². The predicted octanol–water partition coefficient (Wildman–Crippen LogP) is 2.25. The number of hydrogen-bond acceptors (Lipinski definition) is 3. The Morgan fingerprint density at radius 2 is 2.25 bits per heavy atom. The van der Waals surface area contributed by atoms with Gasteiger partial charge in [-0.2, -0.15) is 0 Å². The third-order valence-corrected chi connectivity index (χ3v) is 2.61. The number of anilines is 1. The van der Waals surface area contributed by atoms with Crippen molar-refractivity contribution in [3.8, 4) is 0 Å². The van der Waals surface area contributed by atoms with Crippen LogP contribution in [0.2, 0.25) is 5.02 Å². The Bertz CT molecular complexity index is 362. The van der Waals surface area contributed by atoms with Gasteiger partial charge < -0.3 is 15.8 Å². The zero-order valence-corrected chi connectivity index (χ0v) is 10.1. The number of nitrogens with one attached hydrogen (secondary N) is 1. The van der Waals surface area contributed by atoms with Crippen molar-refractivity contribution in [1.82, 2.24) is 0 Å². The van der Waals surface area contributed by atoms with Gasteiger partial charge in [0.2, 0.25) is 0 Å². The number of benzene rings is 1. The summed E-state index contributed by atoms with van der Waals surface area (Å²) in [6.45, 7) is 2.65. The van der Waals surface area contributed by atoms with Crippen molar-refractivity contribution < 1.29 is 9.13 Å². The molecule has 0 heterocycles. The Kier molecular flexibility index (Phi) is 4.53. The van der Waals surface area contributed by atoms with Crippen LogP contribution in [0.4, 0.5) is 10.1 Å². The van der Waals surface area contributed by atoms with E-state index >= 15 is 0 Å². The van der Waals surface area contributed by atoms with E-state index in [4.69, 9.17) is 22.1 Å². The van der Waals surface area contributed by atoms with E-state index in [1.54, 1.807) is 7.11 Å². The average molecular weight is 247 g/mol. The summed E-state index contributed by atoms with van der Waals surface area (Å²) in [4.78, 5) is 0. The molecule has 1 atom stereocenters. The van der Waals surface area contributed by atoms with E-state index in [1.165, 1.54) is 18.2 Å². The van der Waals surface area contributed by atoms with Gasteiger partial charge in [-0.05, 0) is 25.1 Å². The highest BCUT2D eigenvalue weighted by Gasteiger charge is 2.23. The molecular formula is C11H16ClFN2O. The zero-order valence-electron chi connectivity index (χ0n) is 9.39. The van der Waals surface area contributed by atoms with Crippen LogP contribution in [0.1, 0.15) is 6.92 Å². The van der Waals surface area contributed by atoms with E-state index in [9.17, 15) is 4.39 Å². The van der Waals surface area contributed by atoms with Gasteiger partial charge in [-0.3, -0.25) is 0 Å². The molecule has 1 aromatic rings. The topological polar surface area (TPSA) is 47.3 Å². The minimum Gasteiger partial charge on any atom is -0.382 e. The van der Waals surface area contributed by atoms with Crippen LogP contribution in [0, 0.1) is 5.82 Å². The van der Waals surface area contributed by atoms with Crippen LogP contribution in [0.3, 0.4) is 0 Å². The summed E-state index contributed by atoms with van der Waals surface area (Å²) < 4.78 is 18.1. The first kappa shape index (κ1) is 13.2. The molecule has 0 fully saturated rings. The minimum absolute atomic E-state index is 0.344. The molecule has 16 heavy (non-hydrogen) atoms. The van der Waals surface area contributed by atoms with Gasteiger partial charge in [-0.15, -0.1) is 0 Å². The first-order valence-electron chi connectivity index (χ1n) is 4.93. The molecule has 5 heteroatoms. The zero-order chi connectivity index (χ0) is 12.2. The van der Waals surface area contributed by atoms with Gasteiger partial charge in [0.05, 0.1) is 22.9 Å². The number of halogens is 2. The number of rotatable bonds is 5. The third-order valence-electron chi connectivity index (χ3n) is 2.28. The van der Waals surface area contributed by atoms with Gasteiger partial charge in [-0.1, -0.05) is 11.6 Å². The van der Waals surface area contributed by atoms with Gasteiger partial charge in [0, 0.05) is 13.7 Å². The van der Waals surface area contributed by atoms with Crippen molar-refractivity contribution in [2.75, 3.05) is 25.6 Å². The largest absolute Gasteiger partial charge is 0.382 e. The first-order chi connectivity index (χ1) is 7.50. The highest BCUT2D eigenvalue weighted by Crippen LogP contribution is 2.25. The molecule has 1 unspecified atom stereocenters. The number of nitrogens with two attached hydrogens (primary N) is 1. The summed E-state index contributed by atoms with van der Waals surface area (Å²) in [5, 5.41) is 3.55. The Morgan fingerprint density at radius 3 is 2.81 bits per heavy atom. The molecule has 0 radical (unpaired) electrons. The van der Waals surface area contributed by atoms with Crippen LogP contribution in [0.5, 0.6) is 0 Å². The van der Waals surface area contributed by atoms with Gasteiger partial charge in [0.15, 0.2) is 0 Å². The second-order valence-corrected chi connectivity index (χ2v) is 4.35. The molecule has 0 amide bonds. The SMILES string of the molecule is COCC(C)(CN)Nc1cc(F)ccc1Cl. The number of methoxy groups -OCH3 is 1. The molecule has 3 N–H and O–H groups in total. The highest BCUT2D eigenvalue weighted by atomic mass is 35.5. The predicted molar refractivity (Wildman–Crippen MR) is 64.4 cm³/mol. The van der Waals surface area contributed by atoms with Crippen molar-refractivity contribution in [3.63, 3.8) is 0 Å². The lowest BCUT2D eigenvalue weighted by atomic mass is 10.0. The molecule has 1 aromatic carbocycles. The lowest BCUT2D eigenvalue weighted by Gasteiger charge is -2.30. The lowest BCUT2D eigenvalue weighted by molar-refractivity contribution is 0.153. The van der Waals surface area contributed by atoms with Crippen molar-refractivity contribution in [2.24, 2.45) is 5.73 Å². The van der Waals surface area contributed by atoms with E-state index in [-0.39, 0.29) is 5.82 Å². The molecule has 0 aliphatic heterocycles. The van der Waals surface area contributed by atoms with Gasteiger partial charge in [0.25, 0.3) is 0 Å². The second-order valence-electron chi connectivity index (χ2n) is 3.95. The molecule has 0 aliphatic rings. The van der Waals surface area contributed by atoms with Gasteiger partial charge >= 0.3 is 0 Å². The quantitative estimate of drug-likeness (QED) is 0.838. The summed E-state index contributed by atoms with van der Waals surface area (Å²) >= 11 is 5.95. The molecular weight excluding hydrogens is 231 g/mol. The van der Waals surface area contributed by atoms with Crippen LogP contribution in [-0.4, -0.2) is 25.8 Å². The third kappa shape index (κ3) is 3.33. The molecule has 90 valence electrons. The summed E-state index contributed by atoms with van der Waals surface area (Å²) in [7, 11) is 1.59. The van der Waals surface area contributed by atoms with Gasteiger partial charge in [0.1, 0.15) is 5.82 Å². The van der Waals surface area contributed by atoms with E-state index in [1.807, 2.05) is 6.92 Å². The molecule has 0 saturated heterocycles. The Hall–Kier alpha value is -0.840. The summed E-state index contributed by atoms with van der Waals surface area (Å²) in [6, 6.07) is 4.15. The highest BCUT2D eigenvalue weighted by molar-refractivity contribution is 6.33. The molecule has 1 rings (SSSR count). The summed E-state index contributed by atoms with van der Waals surface area (Å²) in [6.07, 6.45) is 0.